The van der Waals surface area contributed by atoms with E-state index in [1.807, 2.05) is 31.2 Å². The van der Waals surface area contributed by atoms with Gasteiger partial charge in [0, 0.05) is 24.9 Å². The van der Waals surface area contributed by atoms with Crippen molar-refractivity contribution in [2.45, 2.75) is 71.4 Å². The molecule has 1 saturated carbocycles. The highest BCUT2D eigenvalue weighted by molar-refractivity contribution is 6.38. The van der Waals surface area contributed by atoms with Gasteiger partial charge in [-0.05, 0) is 42.2 Å². The topological polar surface area (TPSA) is 104 Å². The second-order valence-corrected chi connectivity index (χ2v) is 9.60. The minimum Gasteiger partial charge on any atom is -0.356 e. The number of carbonyl (C=O) groups excluding carboxylic acids is 4. The third kappa shape index (κ3) is 6.65. The number of nitrogens with one attached hydrogen (secondary N) is 3. The summed E-state index contributed by atoms with van der Waals surface area (Å²) in [5, 5.41) is 8.18. The smallest absolute Gasteiger partial charge is 0.289 e. The fourth-order valence-electron chi connectivity index (χ4n) is 4.11. The van der Waals surface area contributed by atoms with Gasteiger partial charge in [-0.25, -0.2) is 0 Å². The van der Waals surface area contributed by atoms with Gasteiger partial charge in [-0.15, -0.1) is 0 Å². The van der Waals surface area contributed by atoms with Crippen LogP contribution in [0.2, 0.25) is 0 Å². The zero-order valence-corrected chi connectivity index (χ0v) is 19.3. The van der Waals surface area contributed by atoms with E-state index < -0.39 is 17.7 Å². The second-order valence-electron chi connectivity index (χ2n) is 9.60. The van der Waals surface area contributed by atoms with E-state index in [1.165, 1.54) is 5.56 Å². The number of ketones is 1. The first-order valence-electron chi connectivity index (χ1n) is 11.7. The average Bonchev–Trinajstić information content (AvgIpc) is 3.50. The van der Waals surface area contributed by atoms with Crippen molar-refractivity contribution in [3.8, 4) is 0 Å². The molecule has 3 amide bonds. The molecule has 1 aromatic carbocycles. The molecule has 0 radical (unpaired) electrons. The van der Waals surface area contributed by atoms with Crippen molar-refractivity contribution in [1.82, 2.24) is 16.0 Å². The second kappa shape index (κ2) is 10.7. The van der Waals surface area contributed by atoms with Crippen molar-refractivity contribution >= 4 is 23.5 Å². The number of amides is 3. The lowest BCUT2D eigenvalue weighted by atomic mass is 9.94. The van der Waals surface area contributed by atoms with Crippen LogP contribution in [0.5, 0.6) is 0 Å². The van der Waals surface area contributed by atoms with Crippen molar-refractivity contribution in [3.63, 3.8) is 0 Å². The molecular weight excluding hydrogens is 406 g/mol. The summed E-state index contributed by atoms with van der Waals surface area (Å²) in [6.45, 7) is 6.85. The fraction of sp³-hybridized carbons (Fsp3) is 0.600. The van der Waals surface area contributed by atoms with Gasteiger partial charge < -0.3 is 16.0 Å². The van der Waals surface area contributed by atoms with Crippen LogP contribution in [0.25, 0.3) is 0 Å². The molecule has 1 saturated heterocycles. The van der Waals surface area contributed by atoms with E-state index in [1.54, 1.807) is 0 Å². The lowest BCUT2D eigenvalue weighted by Gasteiger charge is -2.21. The minimum atomic E-state index is -0.999. The number of hydrogen-bond acceptors (Lipinski definition) is 4. The molecule has 2 fully saturated rings. The zero-order chi connectivity index (χ0) is 23.3. The van der Waals surface area contributed by atoms with Crippen LogP contribution in [0.4, 0.5) is 0 Å². The SMILES string of the molecule is CC(C)c1ccc(CNC(=O)C(=O)[C@H](C[C@@H]2CCNC2=O)NC(=O)[C@@H](C)CC2CC2)cc1. The highest BCUT2D eigenvalue weighted by Gasteiger charge is 2.35. The van der Waals surface area contributed by atoms with E-state index in [0.29, 0.717) is 24.8 Å². The third-order valence-corrected chi connectivity index (χ3v) is 6.47. The molecule has 32 heavy (non-hydrogen) atoms. The molecule has 3 N–H and O–H groups in total. The number of hydrogen-bond donors (Lipinski definition) is 3. The maximum absolute atomic E-state index is 12.9. The fourth-order valence-corrected chi connectivity index (χ4v) is 4.11. The summed E-state index contributed by atoms with van der Waals surface area (Å²) in [6.07, 6.45) is 3.81. The van der Waals surface area contributed by atoms with E-state index >= 15 is 0 Å². The summed E-state index contributed by atoms with van der Waals surface area (Å²) in [6, 6.07) is 6.89. The van der Waals surface area contributed by atoms with E-state index in [-0.39, 0.29) is 36.6 Å². The van der Waals surface area contributed by atoms with Crippen LogP contribution in [0.1, 0.15) is 69.9 Å². The maximum atomic E-state index is 12.9. The van der Waals surface area contributed by atoms with E-state index in [2.05, 4.69) is 29.8 Å². The Morgan fingerprint density at radius 1 is 1.03 bits per heavy atom. The summed E-state index contributed by atoms with van der Waals surface area (Å²) < 4.78 is 0. The predicted molar refractivity (Wildman–Crippen MR) is 122 cm³/mol. The van der Waals surface area contributed by atoms with E-state index in [4.69, 9.17) is 0 Å². The molecule has 3 rings (SSSR count). The van der Waals surface area contributed by atoms with Gasteiger partial charge >= 0.3 is 0 Å². The van der Waals surface area contributed by atoms with Crippen LogP contribution >= 0.6 is 0 Å². The van der Waals surface area contributed by atoms with E-state index in [0.717, 1.165) is 24.8 Å². The molecule has 1 aromatic rings. The van der Waals surface area contributed by atoms with Crippen LogP contribution in [0.15, 0.2) is 24.3 Å². The quantitative estimate of drug-likeness (QED) is 0.459. The molecule has 0 aromatic heterocycles. The molecular formula is C25H35N3O4. The summed E-state index contributed by atoms with van der Waals surface area (Å²) in [5.41, 5.74) is 2.10. The summed E-state index contributed by atoms with van der Waals surface area (Å²) in [5.74, 6) is -1.40. The van der Waals surface area contributed by atoms with Crippen molar-refractivity contribution in [2.24, 2.45) is 17.8 Å². The normalized spacial score (nSPS) is 19.9. The first-order chi connectivity index (χ1) is 15.2. The van der Waals surface area contributed by atoms with Crippen LogP contribution in [0.3, 0.4) is 0 Å². The van der Waals surface area contributed by atoms with Crippen LogP contribution in [-0.2, 0) is 25.7 Å². The summed E-state index contributed by atoms with van der Waals surface area (Å²) in [7, 11) is 0. The van der Waals surface area contributed by atoms with Gasteiger partial charge in [0.15, 0.2) is 0 Å². The Kier molecular flexibility index (Phi) is 8.04. The number of rotatable bonds is 11. The van der Waals surface area contributed by atoms with Crippen molar-refractivity contribution < 1.29 is 19.2 Å². The Morgan fingerprint density at radius 2 is 1.72 bits per heavy atom. The number of carbonyl (C=O) groups is 4. The molecule has 7 heteroatoms. The van der Waals surface area contributed by atoms with Crippen LogP contribution < -0.4 is 16.0 Å². The van der Waals surface area contributed by atoms with Gasteiger partial charge in [0.05, 0.1) is 6.04 Å². The van der Waals surface area contributed by atoms with Crippen LogP contribution in [-0.4, -0.2) is 36.1 Å². The Hall–Kier alpha value is -2.70. The predicted octanol–water partition coefficient (Wildman–Crippen LogP) is 2.44. The molecule has 0 unspecified atom stereocenters. The molecule has 0 bridgehead atoms. The Labute approximate surface area is 190 Å². The average molecular weight is 442 g/mol. The molecule has 2 aliphatic rings. The largest absolute Gasteiger partial charge is 0.356 e. The van der Waals surface area contributed by atoms with Crippen molar-refractivity contribution in [2.75, 3.05) is 6.54 Å². The highest BCUT2D eigenvalue weighted by Crippen LogP contribution is 2.35. The molecule has 1 aliphatic carbocycles. The third-order valence-electron chi connectivity index (χ3n) is 6.47. The summed E-state index contributed by atoms with van der Waals surface area (Å²) in [4.78, 5) is 50.2. The van der Waals surface area contributed by atoms with Gasteiger partial charge in [0.1, 0.15) is 0 Å². The van der Waals surface area contributed by atoms with Gasteiger partial charge in [-0.3, -0.25) is 19.2 Å². The maximum Gasteiger partial charge on any atom is 0.289 e. The molecule has 1 heterocycles. The van der Waals surface area contributed by atoms with Crippen molar-refractivity contribution in [1.29, 1.82) is 0 Å². The first-order valence-corrected chi connectivity index (χ1v) is 11.7. The number of Topliss-reactive ketones (excluding diaryl/α,β-unsaturated/α-hetero) is 1. The van der Waals surface area contributed by atoms with Gasteiger partial charge in [-0.2, -0.15) is 0 Å². The van der Waals surface area contributed by atoms with Crippen LogP contribution in [0, 0.1) is 17.8 Å². The van der Waals surface area contributed by atoms with Gasteiger partial charge in [0.25, 0.3) is 5.91 Å². The molecule has 3 atom stereocenters. The Bertz CT molecular complexity index is 845. The van der Waals surface area contributed by atoms with E-state index in [9.17, 15) is 19.2 Å². The lowest BCUT2D eigenvalue weighted by molar-refractivity contribution is -0.141. The zero-order valence-electron chi connectivity index (χ0n) is 19.3. The molecule has 0 spiro atoms. The summed E-state index contributed by atoms with van der Waals surface area (Å²) >= 11 is 0. The minimum absolute atomic E-state index is 0.131. The molecule has 174 valence electrons. The number of benzene rings is 1. The highest BCUT2D eigenvalue weighted by atomic mass is 16.2. The molecule has 1 aliphatic heterocycles. The van der Waals surface area contributed by atoms with Gasteiger partial charge in [-0.1, -0.05) is 57.9 Å². The Morgan fingerprint density at radius 3 is 2.28 bits per heavy atom. The van der Waals surface area contributed by atoms with Gasteiger partial charge in [0.2, 0.25) is 17.6 Å². The Balaban J connectivity index is 1.60. The monoisotopic (exact) mass is 441 g/mol. The van der Waals surface area contributed by atoms with Crippen molar-refractivity contribution in [3.05, 3.63) is 35.4 Å². The lowest BCUT2D eigenvalue weighted by Crippen LogP contribution is -2.50. The standard InChI is InChI=1S/C25H35N3O4/c1-15(2)19-8-6-18(7-9-19)14-27-25(32)22(29)21(13-20-10-11-26-24(20)31)28-23(30)16(3)12-17-4-5-17/h6-9,15-17,20-21H,4-5,10-14H2,1-3H3,(H,26,31)(H,27,32)(H,28,30)/t16-,20-,21-/m0/s1. The molecule has 7 nitrogen and oxygen atoms in total. The first kappa shape index (κ1) is 24.0.